The van der Waals surface area contributed by atoms with Crippen LogP contribution >= 0.6 is 11.3 Å². The molecule has 0 saturated carbocycles. The minimum atomic E-state index is -0.981. The lowest BCUT2D eigenvalue weighted by Crippen LogP contribution is -2.43. The highest BCUT2D eigenvalue weighted by Crippen LogP contribution is 2.46. The van der Waals surface area contributed by atoms with Gasteiger partial charge in [-0.25, -0.2) is 18.0 Å². The summed E-state index contributed by atoms with van der Waals surface area (Å²) in [5.41, 5.74) is -1.94. The van der Waals surface area contributed by atoms with Crippen LogP contribution in [-0.4, -0.2) is 63.0 Å². The van der Waals surface area contributed by atoms with Crippen LogP contribution in [0.1, 0.15) is 56.7 Å². The first-order valence-corrected chi connectivity index (χ1v) is 15.6. The van der Waals surface area contributed by atoms with E-state index in [1.54, 1.807) is 20.8 Å². The number of carbonyl (C=O) groups is 1. The number of nitrogens with zero attached hydrogens (tertiary/aromatic N) is 4. The number of fused-ring (bicyclic) bond motifs is 5. The molecule has 2 fully saturated rings. The molecule has 11 nitrogen and oxygen atoms in total. The summed E-state index contributed by atoms with van der Waals surface area (Å²) in [5.74, 6) is -1.71. The van der Waals surface area contributed by atoms with Crippen molar-refractivity contribution < 1.29 is 32.2 Å². The smallest absolute Gasteiger partial charge is 0.412 e. The molecule has 240 valence electrons. The Bertz CT molecular complexity index is 2040. The Morgan fingerprint density at radius 3 is 2.85 bits per heavy atom. The maximum absolute atomic E-state index is 16.8. The number of nitriles is 1. The van der Waals surface area contributed by atoms with Gasteiger partial charge in [-0.1, -0.05) is 0 Å². The van der Waals surface area contributed by atoms with Crippen molar-refractivity contribution in [2.24, 2.45) is 0 Å². The number of aromatic amines is 1. The topological polar surface area (TPSA) is 142 Å². The highest BCUT2D eigenvalue weighted by atomic mass is 32.1. The molecule has 2 N–H and O–H groups in total. The number of nitrogens with one attached hydrogen (secondary N) is 2. The minimum Gasteiger partial charge on any atom is -0.463 e. The normalized spacial score (nSPS) is 21.0. The number of alkyl halides is 1. The van der Waals surface area contributed by atoms with Crippen LogP contribution in [0.5, 0.6) is 6.01 Å². The molecule has 7 rings (SSSR count). The van der Waals surface area contributed by atoms with Crippen molar-refractivity contribution in [2.75, 3.05) is 25.0 Å². The number of rotatable bonds is 5. The molecule has 0 radical (unpaired) electrons. The summed E-state index contributed by atoms with van der Waals surface area (Å²) in [6, 6.07) is 1.77. The SMILES string of the molecule is CC(C)(C)OC(=O)Nc1sc2c(F)cnc(-c3c4c(c5c(=O)[nH]c(OC[C@@]67CCCN6C[C@H](F)C7)nc5c3F)COC4)c2c1C#N. The summed E-state index contributed by atoms with van der Waals surface area (Å²) in [4.78, 5) is 39.1. The van der Waals surface area contributed by atoms with Crippen LogP contribution in [0.2, 0.25) is 0 Å². The predicted molar refractivity (Wildman–Crippen MR) is 163 cm³/mol. The molecular weight excluding hydrogens is 625 g/mol. The van der Waals surface area contributed by atoms with Crippen molar-refractivity contribution in [3.63, 3.8) is 0 Å². The molecule has 0 spiro atoms. The Hall–Kier alpha value is -4.26. The molecule has 46 heavy (non-hydrogen) atoms. The van der Waals surface area contributed by atoms with Gasteiger partial charge in [0.25, 0.3) is 11.6 Å². The Balaban J connectivity index is 1.36. The van der Waals surface area contributed by atoms with E-state index in [1.807, 2.05) is 11.0 Å². The van der Waals surface area contributed by atoms with Gasteiger partial charge in [-0.3, -0.25) is 25.0 Å². The number of H-pyrrole nitrogens is 1. The number of hydrogen-bond acceptors (Lipinski definition) is 10. The van der Waals surface area contributed by atoms with E-state index in [-0.39, 0.29) is 68.6 Å². The number of hydrogen-bond donors (Lipinski definition) is 2. The first-order valence-electron chi connectivity index (χ1n) is 14.8. The van der Waals surface area contributed by atoms with Gasteiger partial charge in [0.1, 0.15) is 35.0 Å². The molecule has 0 aliphatic carbocycles. The number of carbonyl (C=O) groups excluding carboxylic acids is 1. The Morgan fingerprint density at radius 2 is 2.09 bits per heavy atom. The largest absolute Gasteiger partial charge is 0.463 e. The van der Waals surface area contributed by atoms with Crippen molar-refractivity contribution in [1.82, 2.24) is 19.9 Å². The Kier molecular flexibility index (Phi) is 7.22. The summed E-state index contributed by atoms with van der Waals surface area (Å²) in [7, 11) is 0. The van der Waals surface area contributed by atoms with Gasteiger partial charge in [-0.05, 0) is 51.3 Å². The number of aromatic nitrogens is 3. The number of anilines is 1. The monoisotopic (exact) mass is 654 g/mol. The molecule has 3 aliphatic heterocycles. The van der Waals surface area contributed by atoms with Crippen LogP contribution in [0.25, 0.3) is 32.2 Å². The van der Waals surface area contributed by atoms with E-state index in [9.17, 15) is 19.2 Å². The quantitative estimate of drug-likeness (QED) is 0.278. The third kappa shape index (κ3) is 4.95. The average Bonchev–Trinajstić information content (AvgIpc) is 3.74. The molecule has 4 aromatic rings. The minimum absolute atomic E-state index is 0.00186. The molecule has 1 amide bonds. The standard InChI is InChI=1S/C31H29F3N6O5S/c1-30(2,3)45-29(42)39-27-15(8-35)20-23(36-9-18(33)25(20)46-27)19-16-11-43-12-17(16)21-24(22(19)34)37-28(38-26(21)41)44-13-31-5-4-6-40(31)10-14(32)7-31/h9,14H,4-7,10-13H2,1-3H3,(H,39,42)(H,37,38,41)/t14-,31+/m1/s1. The summed E-state index contributed by atoms with van der Waals surface area (Å²) in [6.07, 6.45) is 0.992. The molecule has 15 heteroatoms. The molecule has 0 bridgehead atoms. The van der Waals surface area contributed by atoms with Gasteiger partial charge >= 0.3 is 6.09 Å². The van der Waals surface area contributed by atoms with E-state index in [2.05, 4.69) is 20.3 Å². The second kappa shape index (κ2) is 10.9. The van der Waals surface area contributed by atoms with Crippen molar-refractivity contribution in [3.8, 4) is 23.3 Å². The summed E-state index contributed by atoms with van der Waals surface area (Å²) in [5, 5.41) is 12.6. The number of amides is 1. The van der Waals surface area contributed by atoms with Gasteiger partial charge in [-0.15, -0.1) is 11.3 Å². The zero-order chi connectivity index (χ0) is 32.5. The fourth-order valence-electron chi connectivity index (χ4n) is 6.83. The third-order valence-corrected chi connectivity index (χ3v) is 9.77. The number of pyridine rings is 1. The molecule has 3 aliphatic rings. The van der Waals surface area contributed by atoms with Gasteiger partial charge in [0.15, 0.2) is 11.6 Å². The number of ether oxygens (including phenoxy) is 3. The lowest BCUT2D eigenvalue weighted by molar-refractivity contribution is 0.0636. The second-order valence-corrected chi connectivity index (χ2v) is 13.8. The van der Waals surface area contributed by atoms with E-state index < -0.39 is 40.6 Å². The number of halogens is 3. The van der Waals surface area contributed by atoms with Crippen molar-refractivity contribution in [1.29, 1.82) is 5.26 Å². The first-order chi connectivity index (χ1) is 21.9. The third-order valence-electron chi connectivity index (χ3n) is 8.66. The van der Waals surface area contributed by atoms with Crippen LogP contribution in [0.3, 0.4) is 0 Å². The zero-order valence-electron chi connectivity index (χ0n) is 25.2. The molecule has 0 unspecified atom stereocenters. The van der Waals surface area contributed by atoms with Gasteiger partial charge in [-0.2, -0.15) is 10.2 Å². The van der Waals surface area contributed by atoms with Crippen molar-refractivity contribution in [2.45, 2.75) is 70.6 Å². The van der Waals surface area contributed by atoms with Crippen molar-refractivity contribution >= 4 is 43.4 Å². The van der Waals surface area contributed by atoms with Crippen LogP contribution in [0.15, 0.2) is 11.0 Å². The fraction of sp³-hybridized carbons (Fsp3) is 0.452. The lowest BCUT2D eigenvalue weighted by atomic mass is 9.94. The number of thiophene rings is 1. The molecule has 3 aromatic heterocycles. The van der Waals surface area contributed by atoms with E-state index in [4.69, 9.17) is 14.2 Å². The van der Waals surface area contributed by atoms with E-state index >= 15 is 8.78 Å². The Labute approximate surface area is 264 Å². The van der Waals surface area contributed by atoms with E-state index in [1.165, 1.54) is 0 Å². The second-order valence-electron chi connectivity index (χ2n) is 12.8. The summed E-state index contributed by atoms with van der Waals surface area (Å²) < 4.78 is 63.0. The van der Waals surface area contributed by atoms with Gasteiger partial charge in [0, 0.05) is 23.9 Å². The molecule has 6 heterocycles. The molecule has 1 aromatic carbocycles. The zero-order valence-corrected chi connectivity index (χ0v) is 26.0. The first kappa shape index (κ1) is 30.4. The highest BCUT2D eigenvalue weighted by molar-refractivity contribution is 7.23. The van der Waals surface area contributed by atoms with Gasteiger partial charge in [0.2, 0.25) is 0 Å². The molecular formula is C31H29F3N6O5S. The van der Waals surface area contributed by atoms with Crippen molar-refractivity contribution in [3.05, 3.63) is 44.9 Å². The predicted octanol–water partition coefficient (Wildman–Crippen LogP) is 5.68. The van der Waals surface area contributed by atoms with Gasteiger partial charge < -0.3 is 14.2 Å². The van der Waals surface area contributed by atoms with E-state index in [0.29, 0.717) is 24.1 Å². The fourth-order valence-corrected chi connectivity index (χ4v) is 7.87. The summed E-state index contributed by atoms with van der Waals surface area (Å²) >= 11 is 0.787. The average molecular weight is 655 g/mol. The Morgan fingerprint density at radius 1 is 1.30 bits per heavy atom. The number of benzene rings is 1. The van der Waals surface area contributed by atoms with Crippen LogP contribution in [0, 0.1) is 23.0 Å². The van der Waals surface area contributed by atoms with Gasteiger partial charge in [0.05, 0.1) is 46.3 Å². The maximum atomic E-state index is 16.8. The van der Waals surface area contributed by atoms with Crippen LogP contribution in [0.4, 0.5) is 23.0 Å². The summed E-state index contributed by atoms with van der Waals surface area (Å²) in [6.45, 7) is 6.04. The maximum Gasteiger partial charge on any atom is 0.412 e. The molecule has 2 saturated heterocycles. The molecule has 2 atom stereocenters. The lowest BCUT2D eigenvalue weighted by Gasteiger charge is -2.30. The van der Waals surface area contributed by atoms with E-state index in [0.717, 1.165) is 36.9 Å². The van der Waals surface area contributed by atoms with Crippen LogP contribution < -0.4 is 15.6 Å². The van der Waals surface area contributed by atoms with Crippen LogP contribution in [-0.2, 0) is 22.7 Å². The highest BCUT2D eigenvalue weighted by Gasteiger charge is 2.49.